The topological polar surface area (TPSA) is 9.23 Å². The van der Waals surface area contributed by atoms with Gasteiger partial charge in [0, 0.05) is 6.10 Å². The van der Waals surface area contributed by atoms with Crippen molar-refractivity contribution in [2.24, 2.45) is 0 Å². The standard InChI is InChI=1S/C13H28OSi/c1-8-9-10-11-12(2)14-15(6,7)13(3,4)5/h8,12H,1,9-11H2,2-7H3/t12-/m0/s1. The summed E-state index contributed by atoms with van der Waals surface area (Å²) in [5.41, 5.74) is 0. The monoisotopic (exact) mass is 228 g/mol. The highest BCUT2D eigenvalue weighted by Gasteiger charge is 2.38. The molecule has 0 aliphatic carbocycles. The fraction of sp³-hybridized carbons (Fsp3) is 0.846. The first kappa shape index (κ1) is 14.9. The largest absolute Gasteiger partial charge is 0.414 e. The van der Waals surface area contributed by atoms with Crippen LogP contribution >= 0.6 is 0 Å². The van der Waals surface area contributed by atoms with Crippen molar-refractivity contribution in [3.63, 3.8) is 0 Å². The van der Waals surface area contributed by atoms with Crippen molar-refractivity contribution in [1.82, 2.24) is 0 Å². The second kappa shape index (κ2) is 5.85. The van der Waals surface area contributed by atoms with Crippen LogP contribution in [-0.4, -0.2) is 14.4 Å². The summed E-state index contributed by atoms with van der Waals surface area (Å²) < 4.78 is 6.25. The second-order valence-electron chi connectivity index (χ2n) is 5.91. The third kappa shape index (κ3) is 5.52. The van der Waals surface area contributed by atoms with Gasteiger partial charge in [0.05, 0.1) is 0 Å². The molecule has 1 atom stereocenters. The van der Waals surface area contributed by atoms with Crippen molar-refractivity contribution in [3.05, 3.63) is 12.7 Å². The van der Waals surface area contributed by atoms with Crippen molar-refractivity contribution in [3.8, 4) is 0 Å². The number of unbranched alkanes of at least 4 members (excludes halogenated alkanes) is 1. The molecule has 0 N–H and O–H groups in total. The first-order chi connectivity index (χ1) is 6.70. The van der Waals surface area contributed by atoms with Gasteiger partial charge < -0.3 is 4.43 Å². The second-order valence-corrected chi connectivity index (χ2v) is 10.7. The van der Waals surface area contributed by atoms with Gasteiger partial charge >= 0.3 is 0 Å². The lowest BCUT2D eigenvalue weighted by Crippen LogP contribution is -2.43. The lowest BCUT2D eigenvalue weighted by molar-refractivity contribution is 0.187. The van der Waals surface area contributed by atoms with E-state index in [4.69, 9.17) is 4.43 Å². The predicted molar refractivity (Wildman–Crippen MR) is 71.8 cm³/mol. The molecule has 0 aliphatic heterocycles. The molecule has 0 aromatic rings. The predicted octanol–water partition coefficient (Wildman–Crippen LogP) is 4.75. The average molecular weight is 228 g/mol. The maximum absolute atomic E-state index is 6.25. The molecule has 0 saturated heterocycles. The lowest BCUT2D eigenvalue weighted by Gasteiger charge is -2.38. The van der Waals surface area contributed by atoms with Gasteiger partial charge in [-0.05, 0) is 44.3 Å². The van der Waals surface area contributed by atoms with Crippen molar-refractivity contribution in [2.75, 3.05) is 0 Å². The van der Waals surface area contributed by atoms with Crippen LogP contribution in [0.5, 0.6) is 0 Å². The summed E-state index contributed by atoms with van der Waals surface area (Å²) in [7, 11) is -1.55. The summed E-state index contributed by atoms with van der Waals surface area (Å²) >= 11 is 0. The molecule has 2 heteroatoms. The number of hydrogen-bond donors (Lipinski definition) is 0. The molecule has 90 valence electrons. The van der Waals surface area contributed by atoms with Gasteiger partial charge in [-0.15, -0.1) is 6.58 Å². The molecule has 0 aliphatic rings. The third-order valence-electron chi connectivity index (χ3n) is 3.32. The van der Waals surface area contributed by atoms with E-state index in [-0.39, 0.29) is 0 Å². The van der Waals surface area contributed by atoms with Gasteiger partial charge in [0.2, 0.25) is 0 Å². The third-order valence-corrected chi connectivity index (χ3v) is 7.92. The normalized spacial score (nSPS) is 15.1. The number of allylic oxidation sites excluding steroid dienone is 1. The fourth-order valence-electron chi connectivity index (χ4n) is 1.29. The van der Waals surface area contributed by atoms with Crippen LogP contribution in [0.15, 0.2) is 12.7 Å². The van der Waals surface area contributed by atoms with E-state index in [9.17, 15) is 0 Å². The van der Waals surface area contributed by atoms with E-state index >= 15 is 0 Å². The smallest absolute Gasteiger partial charge is 0.192 e. The minimum atomic E-state index is -1.55. The Morgan fingerprint density at radius 1 is 1.33 bits per heavy atom. The molecule has 0 fully saturated rings. The molecule has 15 heavy (non-hydrogen) atoms. The SMILES string of the molecule is C=CCCC[C@H](C)O[Si](C)(C)C(C)(C)C. The summed E-state index contributed by atoms with van der Waals surface area (Å²) in [6.45, 7) is 17.4. The summed E-state index contributed by atoms with van der Waals surface area (Å²) in [5, 5.41) is 0.319. The molecule has 0 spiro atoms. The molecular weight excluding hydrogens is 200 g/mol. The summed E-state index contributed by atoms with van der Waals surface area (Å²) in [5.74, 6) is 0. The van der Waals surface area contributed by atoms with E-state index in [0.29, 0.717) is 11.1 Å². The quantitative estimate of drug-likeness (QED) is 0.362. The lowest BCUT2D eigenvalue weighted by atomic mass is 10.2. The van der Waals surface area contributed by atoms with Gasteiger partial charge in [0.25, 0.3) is 0 Å². The van der Waals surface area contributed by atoms with Crippen LogP contribution in [0.3, 0.4) is 0 Å². The zero-order valence-electron chi connectivity index (χ0n) is 11.4. The van der Waals surface area contributed by atoms with Crippen molar-refractivity contribution in [2.45, 2.75) is 71.2 Å². The molecule has 0 saturated carbocycles. The van der Waals surface area contributed by atoms with Crippen LogP contribution in [0.25, 0.3) is 0 Å². The fourth-order valence-corrected chi connectivity index (χ4v) is 2.77. The molecule has 0 unspecified atom stereocenters. The first-order valence-electron chi connectivity index (χ1n) is 5.99. The van der Waals surface area contributed by atoms with E-state index in [1.807, 2.05) is 6.08 Å². The molecule has 0 aromatic heterocycles. The maximum atomic E-state index is 6.25. The van der Waals surface area contributed by atoms with Crippen LogP contribution in [0.2, 0.25) is 18.1 Å². The first-order valence-corrected chi connectivity index (χ1v) is 8.90. The van der Waals surface area contributed by atoms with E-state index in [2.05, 4.69) is 47.4 Å². The van der Waals surface area contributed by atoms with Crippen LogP contribution in [0.4, 0.5) is 0 Å². The van der Waals surface area contributed by atoms with Gasteiger partial charge in [-0.25, -0.2) is 0 Å². The summed E-state index contributed by atoms with van der Waals surface area (Å²) in [6, 6.07) is 0. The zero-order chi connectivity index (χ0) is 12.1. The zero-order valence-corrected chi connectivity index (χ0v) is 12.4. The Balaban J connectivity index is 4.04. The molecule has 0 rings (SSSR count). The Labute approximate surface area is 97.0 Å². The molecule has 0 heterocycles. The number of rotatable bonds is 6. The molecular formula is C13H28OSi. The maximum Gasteiger partial charge on any atom is 0.192 e. The van der Waals surface area contributed by atoms with E-state index < -0.39 is 8.32 Å². The molecule has 0 bridgehead atoms. The van der Waals surface area contributed by atoms with E-state index in [1.165, 1.54) is 6.42 Å². The van der Waals surface area contributed by atoms with Crippen molar-refractivity contribution in [1.29, 1.82) is 0 Å². The van der Waals surface area contributed by atoms with Crippen LogP contribution in [0.1, 0.15) is 47.0 Å². The highest BCUT2D eigenvalue weighted by Crippen LogP contribution is 2.37. The molecule has 0 aromatic carbocycles. The Hall–Kier alpha value is -0.0831. The minimum absolute atomic E-state index is 0.319. The van der Waals surface area contributed by atoms with Crippen molar-refractivity contribution < 1.29 is 4.43 Å². The average Bonchev–Trinajstić information content (AvgIpc) is 2.01. The molecule has 0 radical (unpaired) electrons. The van der Waals surface area contributed by atoms with Crippen LogP contribution in [-0.2, 0) is 4.43 Å². The van der Waals surface area contributed by atoms with Gasteiger partial charge in [-0.2, -0.15) is 0 Å². The van der Waals surface area contributed by atoms with Gasteiger partial charge in [0.1, 0.15) is 0 Å². The van der Waals surface area contributed by atoms with Crippen LogP contribution < -0.4 is 0 Å². The minimum Gasteiger partial charge on any atom is -0.414 e. The Morgan fingerprint density at radius 3 is 2.27 bits per heavy atom. The highest BCUT2D eigenvalue weighted by atomic mass is 28.4. The van der Waals surface area contributed by atoms with Gasteiger partial charge in [-0.1, -0.05) is 26.8 Å². The van der Waals surface area contributed by atoms with E-state index in [1.54, 1.807) is 0 Å². The molecule has 1 nitrogen and oxygen atoms in total. The Bertz CT molecular complexity index is 191. The number of hydrogen-bond acceptors (Lipinski definition) is 1. The summed E-state index contributed by atoms with van der Waals surface area (Å²) in [6.07, 6.45) is 5.83. The summed E-state index contributed by atoms with van der Waals surface area (Å²) in [4.78, 5) is 0. The Morgan fingerprint density at radius 2 is 1.87 bits per heavy atom. The van der Waals surface area contributed by atoms with Gasteiger partial charge in [-0.3, -0.25) is 0 Å². The van der Waals surface area contributed by atoms with Crippen LogP contribution in [0, 0.1) is 0 Å². The molecule has 0 amide bonds. The van der Waals surface area contributed by atoms with E-state index in [0.717, 1.165) is 12.8 Å². The Kier molecular flexibility index (Phi) is 5.82. The van der Waals surface area contributed by atoms with Gasteiger partial charge in [0.15, 0.2) is 8.32 Å². The highest BCUT2D eigenvalue weighted by molar-refractivity contribution is 6.74. The van der Waals surface area contributed by atoms with Crippen molar-refractivity contribution >= 4 is 8.32 Å².